The SMILES string of the molecule is Cc1ccc(C(=O)NCCCCCN)cc1C. The van der Waals surface area contributed by atoms with Gasteiger partial charge in [0.15, 0.2) is 0 Å². The van der Waals surface area contributed by atoms with Crippen molar-refractivity contribution in [2.75, 3.05) is 13.1 Å². The zero-order chi connectivity index (χ0) is 12.7. The van der Waals surface area contributed by atoms with Crippen LogP contribution in [0.3, 0.4) is 0 Å². The number of nitrogens with one attached hydrogen (secondary N) is 1. The van der Waals surface area contributed by atoms with Crippen LogP contribution in [0.25, 0.3) is 0 Å². The minimum atomic E-state index is 0.0147. The van der Waals surface area contributed by atoms with Crippen LogP contribution in [0.5, 0.6) is 0 Å². The summed E-state index contributed by atoms with van der Waals surface area (Å²) in [5.74, 6) is 0.0147. The highest BCUT2D eigenvalue weighted by molar-refractivity contribution is 5.94. The number of unbranched alkanes of at least 4 members (excludes halogenated alkanes) is 2. The molecule has 1 rings (SSSR count). The zero-order valence-electron chi connectivity index (χ0n) is 10.8. The van der Waals surface area contributed by atoms with Crippen molar-refractivity contribution in [1.29, 1.82) is 0 Å². The molecule has 1 amide bonds. The Labute approximate surface area is 103 Å². The van der Waals surface area contributed by atoms with E-state index >= 15 is 0 Å². The molecule has 0 saturated heterocycles. The maximum atomic E-state index is 11.8. The van der Waals surface area contributed by atoms with Crippen LogP contribution in [-0.2, 0) is 0 Å². The molecule has 1 aromatic carbocycles. The molecule has 94 valence electrons. The number of carbonyl (C=O) groups is 1. The summed E-state index contributed by atoms with van der Waals surface area (Å²) in [5.41, 5.74) is 8.51. The molecule has 1 aromatic rings. The molecule has 0 aliphatic heterocycles. The van der Waals surface area contributed by atoms with Crippen molar-refractivity contribution in [3.8, 4) is 0 Å². The number of amides is 1. The molecule has 3 N–H and O–H groups in total. The molecular weight excluding hydrogens is 212 g/mol. The van der Waals surface area contributed by atoms with E-state index in [1.165, 1.54) is 5.56 Å². The van der Waals surface area contributed by atoms with Gasteiger partial charge in [-0.15, -0.1) is 0 Å². The monoisotopic (exact) mass is 234 g/mol. The van der Waals surface area contributed by atoms with E-state index in [1.54, 1.807) is 0 Å². The molecular formula is C14H22N2O. The van der Waals surface area contributed by atoms with Gasteiger partial charge in [0.05, 0.1) is 0 Å². The van der Waals surface area contributed by atoms with Crippen LogP contribution in [0.1, 0.15) is 40.7 Å². The molecule has 0 bridgehead atoms. The third-order valence-electron chi connectivity index (χ3n) is 2.94. The van der Waals surface area contributed by atoms with Gasteiger partial charge >= 0.3 is 0 Å². The van der Waals surface area contributed by atoms with Gasteiger partial charge in [-0.05, 0) is 56.5 Å². The third-order valence-corrected chi connectivity index (χ3v) is 2.94. The van der Waals surface area contributed by atoms with Crippen LogP contribution in [0.4, 0.5) is 0 Å². The number of rotatable bonds is 6. The first-order chi connectivity index (χ1) is 8.15. The van der Waals surface area contributed by atoms with Crippen molar-refractivity contribution in [2.45, 2.75) is 33.1 Å². The topological polar surface area (TPSA) is 55.1 Å². The molecule has 0 atom stereocenters. The van der Waals surface area contributed by atoms with Gasteiger partial charge in [0.2, 0.25) is 0 Å². The normalized spacial score (nSPS) is 10.3. The van der Waals surface area contributed by atoms with E-state index in [0.717, 1.165) is 43.5 Å². The second-order valence-corrected chi connectivity index (χ2v) is 4.40. The highest BCUT2D eigenvalue weighted by Crippen LogP contribution is 2.09. The Kier molecular flexibility index (Phi) is 5.70. The molecule has 3 nitrogen and oxygen atoms in total. The Bertz CT molecular complexity index is 374. The number of nitrogens with two attached hydrogens (primary N) is 1. The predicted molar refractivity (Wildman–Crippen MR) is 71.2 cm³/mol. The van der Waals surface area contributed by atoms with Gasteiger partial charge in [0, 0.05) is 12.1 Å². The summed E-state index contributed by atoms with van der Waals surface area (Å²) in [4.78, 5) is 11.8. The van der Waals surface area contributed by atoms with Gasteiger partial charge in [-0.3, -0.25) is 4.79 Å². The molecule has 0 aliphatic rings. The quantitative estimate of drug-likeness (QED) is 0.741. The Hall–Kier alpha value is -1.35. The van der Waals surface area contributed by atoms with E-state index in [-0.39, 0.29) is 5.91 Å². The first-order valence-electron chi connectivity index (χ1n) is 6.20. The molecule has 17 heavy (non-hydrogen) atoms. The summed E-state index contributed by atoms with van der Waals surface area (Å²) >= 11 is 0. The largest absolute Gasteiger partial charge is 0.352 e. The molecule has 0 radical (unpaired) electrons. The molecule has 0 unspecified atom stereocenters. The fourth-order valence-electron chi connectivity index (χ4n) is 1.63. The van der Waals surface area contributed by atoms with Gasteiger partial charge in [0.1, 0.15) is 0 Å². The molecule has 3 heteroatoms. The maximum Gasteiger partial charge on any atom is 0.251 e. The first-order valence-corrected chi connectivity index (χ1v) is 6.20. The van der Waals surface area contributed by atoms with Crippen molar-refractivity contribution >= 4 is 5.91 Å². The van der Waals surface area contributed by atoms with Gasteiger partial charge in [-0.25, -0.2) is 0 Å². The second-order valence-electron chi connectivity index (χ2n) is 4.40. The molecule has 0 heterocycles. The standard InChI is InChI=1S/C14H22N2O/c1-11-6-7-13(10-12(11)2)14(17)16-9-5-3-4-8-15/h6-7,10H,3-5,8-9,15H2,1-2H3,(H,16,17). The third kappa shape index (κ3) is 4.57. The van der Waals surface area contributed by atoms with Gasteiger partial charge in [-0.1, -0.05) is 12.5 Å². The lowest BCUT2D eigenvalue weighted by Gasteiger charge is -2.07. The highest BCUT2D eigenvalue weighted by atomic mass is 16.1. The highest BCUT2D eigenvalue weighted by Gasteiger charge is 2.05. The summed E-state index contributed by atoms with van der Waals surface area (Å²) in [5, 5.41) is 2.92. The summed E-state index contributed by atoms with van der Waals surface area (Å²) in [7, 11) is 0. The van der Waals surface area contributed by atoms with Crippen LogP contribution in [0.15, 0.2) is 18.2 Å². The van der Waals surface area contributed by atoms with E-state index in [1.807, 2.05) is 32.0 Å². The summed E-state index contributed by atoms with van der Waals surface area (Å²) in [6.07, 6.45) is 3.09. The number of carbonyl (C=O) groups excluding carboxylic acids is 1. The van der Waals surface area contributed by atoms with E-state index in [9.17, 15) is 4.79 Å². The van der Waals surface area contributed by atoms with Crippen LogP contribution < -0.4 is 11.1 Å². The first kappa shape index (κ1) is 13.7. The Morgan fingerprint density at radius 3 is 2.59 bits per heavy atom. The van der Waals surface area contributed by atoms with Crippen LogP contribution >= 0.6 is 0 Å². The number of hydrogen-bond acceptors (Lipinski definition) is 2. The lowest BCUT2D eigenvalue weighted by Crippen LogP contribution is -2.24. The van der Waals surface area contributed by atoms with Crippen LogP contribution in [0.2, 0.25) is 0 Å². The summed E-state index contributed by atoms with van der Waals surface area (Å²) < 4.78 is 0. The lowest BCUT2D eigenvalue weighted by atomic mass is 10.1. The number of aryl methyl sites for hydroxylation is 2. The predicted octanol–water partition coefficient (Wildman–Crippen LogP) is 2.16. The second kappa shape index (κ2) is 7.07. The molecule has 0 fully saturated rings. The lowest BCUT2D eigenvalue weighted by molar-refractivity contribution is 0.0953. The van der Waals surface area contributed by atoms with Crippen molar-refractivity contribution < 1.29 is 4.79 Å². The summed E-state index contributed by atoms with van der Waals surface area (Å²) in [6.45, 7) is 5.52. The van der Waals surface area contributed by atoms with E-state index in [0.29, 0.717) is 0 Å². The van der Waals surface area contributed by atoms with Gasteiger partial charge in [0.25, 0.3) is 5.91 Å². The average Bonchev–Trinajstić information content (AvgIpc) is 2.32. The minimum absolute atomic E-state index is 0.0147. The fraction of sp³-hybridized carbons (Fsp3) is 0.500. The Morgan fingerprint density at radius 1 is 1.18 bits per heavy atom. The average molecular weight is 234 g/mol. The van der Waals surface area contributed by atoms with Crippen LogP contribution in [-0.4, -0.2) is 19.0 Å². The minimum Gasteiger partial charge on any atom is -0.352 e. The van der Waals surface area contributed by atoms with Crippen molar-refractivity contribution in [1.82, 2.24) is 5.32 Å². The van der Waals surface area contributed by atoms with Crippen molar-refractivity contribution in [2.24, 2.45) is 5.73 Å². The molecule has 0 spiro atoms. The van der Waals surface area contributed by atoms with Gasteiger partial charge < -0.3 is 11.1 Å². The summed E-state index contributed by atoms with van der Waals surface area (Å²) in [6, 6.07) is 5.79. The Morgan fingerprint density at radius 2 is 1.94 bits per heavy atom. The van der Waals surface area contributed by atoms with Crippen molar-refractivity contribution in [3.63, 3.8) is 0 Å². The number of benzene rings is 1. The van der Waals surface area contributed by atoms with E-state index in [2.05, 4.69) is 5.32 Å². The zero-order valence-corrected chi connectivity index (χ0v) is 10.8. The van der Waals surface area contributed by atoms with Crippen LogP contribution in [0, 0.1) is 13.8 Å². The number of hydrogen-bond donors (Lipinski definition) is 2. The van der Waals surface area contributed by atoms with E-state index in [4.69, 9.17) is 5.73 Å². The molecule has 0 aromatic heterocycles. The fourth-order valence-corrected chi connectivity index (χ4v) is 1.63. The smallest absolute Gasteiger partial charge is 0.251 e. The van der Waals surface area contributed by atoms with Gasteiger partial charge in [-0.2, -0.15) is 0 Å². The maximum absolute atomic E-state index is 11.8. The van der Waals surface area contributed by atoms with E-state index < -0.39 is 0 Å². The molecule has 0 aliphatic carbocycles. The Balaban J connectivity index is 2.39. The molecule has 0 saturated carbocycles. The van der Waals surface area contributed by atoms with Crippen molar-refractivity contribution in [3.05, 3.63) is 34.9 Å².